The number of hydrogen-bond acceptors (Lipinski definition) is 2. The predicted octanol–water partition coefficient (Wildman–Crippen LogP) is 5.91. The molecule has 0 saturated heterocycles. The molecule has 148 valence electrons. The van der Waals surface area contributed by atoms with Crippen molar-refractivity contribution in [2.45, 2.75) is 39.7 Å². The van der Waals surface area contributed by atoms with Crippen LogP contribution < -0.4 is 4.74 Å². The number of rotatable bonds is 8. The van der Waals surface area contributed by atoms with Crippen LogP contribution in [-0.4, -0.2) is 16.2 Å². The first-order valence-electron chi connectivity index (χ1n) is 10.4. The fourth-order valence-corrected chi connectivity index (χ4v) is 3.68. The van der Waals surface area contributed by atoms with Crippen LogP contribution in [0.15, 0.2) is 72.8 Å². The number of hydrogen-bond donors (Lipinski definition) is 0. The summed E-state index contributed by atoms with van der Waals surface area (Å²) in [6.07, 6.45) is 2.89. The van der Waals surface area contributed by atoms with Crippen LogP contribution in [0.1, 0.15) is 28.9 Å². The summed E-state index contributed by atoms with van der Waals surface area (Å²) in [5.74, 6) is 2.11. The van der Waals surface area contributed by atoms with Gasteiger partial charge in [-0.3, -0.25) is 0 Å². The van der Waals surface area contributed by atoms with Crippen molar-refractivity contribution in [1.82, 2.24) is 9.55 Å². The fraction of sp³-hybridized carbons (Fsp3) is 0.269. The standard InChI is InChI=1S/C26H28N2O/c1-20-13-15-23(19-21(20)2)29-18-8-17-28-25-12-7-6-11-24(25)27-26(28)16-14-22-9-4-3-5-10-22/h3-7,9-13,15,19H,8,14,16-18H2,1-2H3. The maximum absolute atomic E-state index is 5.99. The Morgan fingerprint density at radius 3 is 2.45 bits per heavy atom. The lowest BCUT2D eigenvalue weighted by Crippen LogP contribution is -2.09. The number of aromatic nitrogens is 2. The Bertz CT molecular complexity index is 1080. The lowest BCUT2D eigenvalue weighted by atomic mass is 10.1. The van der Waals surface area contributed by atoms with Gasteiger partial charge in [-0.1, -0.05) is 48.5 Å². The zero-order chi connectivity index (χ0) is 20.1. The van der Waals surface area contributed by atoms with Gasteiger partial charge in [0.2, 0.25) is 0 Å². The van der Waals surface area contributed by atoms with Crippen LogP contribution in [-0.2, 0) is 19.4 Å². The minimum atomic E-state index is 0.702. The second-order valence-electron chi connectivity index (χ2n) is 7.60. The molecule has 0 aliphatic carbocycles. The molecule has 0 saturated carbocycles. The van der Waals surface area contributed by atoms with Crippen LogP contribution >= 0.6 is 0 Å². The topological polar surface area (TPSA) is 27.1 Å². The first-order chi connectivity index (χ1) is 14.2. The average molecular weight is 385 g/mol. The van der Waals surface area contributed by atoms with Gasteiger partial charge in [-0.2, -0.15) is 0 Å². The lowest BCUT2D eigenvalue weighted by molar-refractivity contribution is 0.301. The Morgan fingerprint density at radius 1 is 0.828 bits per heavy atom. The minimum absolute atomic E-state index is 0.702. The Balaban J connectivity index is 1.43. The molecule has 0 spiro atoms. The van der Waals surface area contributed by atoms with Crippen molar-refractivity contribution in [2.24, 2.45) is 0 Å². The van der Waals surface area contributed by atoms with Gasteiger partial charge in [-0.15, -0.1) is 0 Å². The van der Waals surface area contributed by atoms with Gasteiger partial charge >= 0.3 is 0 Å². The molecule has 0 amide bonds. The molecule has 1 heterocycles. The van der Waals surface area contributed by atoms with Gasteiger partial charge in [-0.05, 0) is 67.6 Å². The van der Waals surface area contributed by atoms with E-state index in [1.54, 1.807) is 0 Å². The number of imidazole rings is 1. The van der Waals surface area contributed by atoms with Gasteiger partial charge < -0.3 is 9.30 Å². The highest BCUT2D eigenvalue weighted by molar-refractivity contribution is 5.75. The molecule has 0 fully saturated rings. The van der Waals surface area contributed by atoms with E-state index in [9.17, 15) is 0 Å². The third-order valence-electron chi connectivity index (χ3n) is 5.49. The van der Waals surface area contributed by atoms with Gasteiger partial charge in [0, 0.05) is 13.0 Å². The number of benzene rings is 3. The quantitative estimate of drug-likeness (QED) is 0.353. The monoisotopic (exact) mass is 384 g/mol. The van der Waals surface area contributed by atoms with Gasteiger partial charge in [-0.25, -0.2) is 4.98 Å². The predicted molar refractivity (Wildman–Crippen MR) is 120 cm³/mol. The normalized spacial score (nSPS) is 11.1. The van der Waals surface area contributed by atoms with Crippen LogP contribution in [0.5, 0.6) is 5.75 Å². The summed E-state index contributed by atoms with van der Waals surface area (Å²) in [4.78, 5) is 4.91. The maximum Gasteiger partial charge on any atom is 0.119 e. The number of ether oxygens (including phenoxy) is 1. The number of para-hydroxylation sites is 2. The Morgan fingerprint density at radius 2 is 1.62 bits per heavy atom. The molecule has 0 aliphatic rings. The van der Waals surface area contributed by atoms with E-state index in [1.807, 2.05) is 0 Å². The van der Waals surface area contributed by atoms with Crippen molar-refractivity contribution in [3.8, 4) is 5.75 Å². The van der Waals surface area contributed by atoms with E-state index in [0.29, 0.717) is 6.61 Å². The Labute approximate surface area is 173 Å². The number of aryl methyl sites for hydroxylation is 5. The van der Waals surface area contributed by atoms with Gasteiger partial charge in [0.25, 0.3) is 0 Å². The summed E-state index contributed by atoms with van der Waals surface area (Å²) < 4.78 is 8.35. The molecule has 29 heavy (non-hydrogen) atoms. The number of fused-ring (bicyclic) bond motifs is 1. The van der Waals surface area contributed by atoms with Gasteiger partial charge in [0.05, 0.1) is 17.6 Å². The summed E-state index contributed by atoms with van der Waals surface area (Å²) in [7, 11) is 0. The molecule has 0 radical (unpaired) electrons. The third-order valence-corrected chi connectivity index (χ3v) is 5.49. The molecule has 0 aliphatic heterocycles. The van der Waals surface area contributed by atoms with Crippen LogP contribution in [0.4, 0.5) is 0 Å². The second-order valence-corrected chi connectivity index (χ2v) is 7.60. The van der Waals surface area contributed by atoms with E-state index in [1.165, 1.54) is 22.2 Å². The molecular weight excluding hydrogens is 356 g/mol. The fourth-order valence-electron chi connectivity index (χ4n) is 3.68. The van der Waals surface area contributed by atoms with Crippen molar-refractivity contribution < 1.29 is 4.74 Å². The van der Waals surface area contributed by atoms with Gasteiger partial charge in [0.15, 0.2) is 0 Å². The lowest BCUT2D eigenvalue weighted by Gasteiger charge is -2.11. The first kappa shape index (κ1) is 19.3. The molecule has 0 atom stereocenters. The molecular formula is C26H28N2O. The smallest absolute Gasteiger partial charge is 0.119 e. The van der Waals surface area contributed by atoms with Crippen molar-refractivity contribution in [2.75, 3.05) is 6.61 Å². The van der Waals surface area contributed by atoms with E-state index < -0.39 is 0 Å². The number of nitrogens with zero attached hydrogens (tertiary/aromatic N) is 2. The Kier molecular flexibility index (Phi) is 5.95. The average Bonchev–Trinajstić information content (AvgIpc) is 3.10. The highest BCUT2D eigenvalue weighted by Crippen LogP contribution is 2.19. The van der Waals surface area contributed by atoms with Gasteiger partial charge in [0.1, 0.15) is 11.6 Å². The van der Waals surface area contributed by atoms with Crippen LogP contribution in [0.3, 0.4) is 0 Å². The summed E-state index contributed by atoms with van der Waals surface area (Å²) in [6, 6.07) is 25.3. The van der Waals surface area contributed by atoms with Crippen molar-refractivity contribution in [1.29, 1.82) is 0 Å². The highest BCUT2D eigenvalue weighted by Gasteiger charge is 2.10. The largest absolute Gasteiger partial charge is 0.494 e. The second kappa shape index (κ2) is 8.95. The molecule has 0 N–H and O–H groups in total. The van der Waals surface area contributed by atoms with Crippen LogP contribution in [0.25, 0.3) is 11.0 Å². The Hall–Kier alpha value is -3.07. The molecule has 0 bridgehead atoms. The molecule has 4 aromatic rings. The van der Waals surface area contributed by atoms with E-state index in [2.05, 4.69) is 91.2 Å². The summed E-state index contributed by atoms with van der Waals surface area (Å²) in [6.45, 7) is 5.86. The van der Waals surface area contributed by atoms with Crippen LogP contribution in [0, 0.1) is 13.8 Å². The van der Waals surface area contributed by atoms with E-state index in [4.69, 9.17) is 9.72 Å². The summed E-state index contributed by atoms with van der Waals surface area (Å²) in [5.41, 5.74) is 6.20. The van der Waals surface area contributed by atoms with E-state index in [0.717, 1.165) is 42.9 Å². The molecule has 4 rings (SSSR count). The molecule has 3 nitrogen and oxygen atoms in total. The summed E-state index contributed by atoms with van der Waals surface area (Å²) >= 11 is 0. The molecule has 3 aromatic carbocycles. The van der Waals surface area contributed by atoms with Crippen molar-refractivity contribution >= 4 is 11.0 Å². The minimum Gasteiger partial charge on any atom is -0.494 e. The highest BCUT2D eigenvalue weighted by atomic mass is 16.5. The molecule has 0 unspecified atom stereocenters. The molecule has 1 aromatic heterocycles. The van der Waals surface area contributed by atoms with Crippen LogP contribution in [0.2, 0.25) is 0 Å². The SMILES string of the molecule is Cc1ccc(OCCCn2c(CCc3ccccc3)nc3ccccc32)cc1C. The third kappa shape index (κ3) is 4.68. The zero-order valence-electron chi connectivity index (χ0n) is 17.3. The molecule has 3 heteroatoms. The zero-order valence-corrected chi connectivity index (χ0v) is 17.3. The van der Waals surface area contributed by atoms with E-state index in [-0.39, 0.29) is 0 Å². The van der Waals surface area contributed by atoms with E-state index >= 15 is 0 Å². The first-order valence-corrected chi connectivity index (χ1v) is 10.4. The van der Waals surface area contributed by atoms with Crippen molar-refractivity contribution in [3.63, 3.8) is 0 Å². The maximum atomic E-state index is 5.99. The summed E-state index contributed by atoms with van der Waals surface area (Å²) in [5, 5.41) is 0. The van der Waals surface area contributed by atoms with Crippen molar-refractivity contribution in [3.05, 3.63) is 95.3 Å².